The predicted octanol–water partition coefficient (Wildman–Crippen LogP) is 3.87. The summed E-state index contributed by atoms with van der Waals surface area (Å²) in [7, 11) is 1.63. The maximum atomic E-state index is 5.64. The van der Waals surface area contributed by atoms with Crippen LogP contribution in [0.5, 0.6) is 17.2 Å². The Morgan fingerprint density at radius 2 is 1.50 bits per heavy atom. The maximum absolute atomic E-state index is 5.64. The third-order valence-electron chi connectivity index (χ3n) is 2.74. The van der Waals surface area contributed by atoms with Gasteiger partial charge in [-0.2, -0.15) is 0 Å². The highest BCUT2D eigenvalue weighted by molar-refractivity contribution is 7.98. The first-order chi connectivity index (χ1) is 9.83. The van der Waals surface area contributed by atoms with E-state index in [1.165, 1.54) is 4.90 Å². The number of benzene rings is 2. The monoisotopic (exact) mass is 290 g/mol. The van der Waals surface area contributed by atoms with Gasteiger partial charge in [-0.15, -0.1) is 11.8 Å². The number of rotatable bonds is 7. The van der Waals surface area contributed by atoms with Crippen molar-refractivity contribution in [3.05, 3.63) is 48.5 Å². The second kappa shape index (κ2) is 7.70. The van der Waals surface area contributed by atoms with Gasteiger partial charge in [0.05, 0.1) is 7.11 Å². The molecule has 0 bridgehead atoms. The summed E-state index contributed by atoms with van der Waals surface area (Å²) in [6, 6.07) is 15.6. The number of methoxy groups -OCH3 is 1. The number of hydrogen-bond acceptors (Lipinski definition) is 4. The van der Waals surface area contributed by atoms with Crippen molar-refractivity contribution in [3.8, 4) is 17.2 Å². The van der Waals surface area contributed by atoms with Gasteiger partial charge in [0.15, 0.2) is 11.5 Å². The molecule has 20 heavy (non-hydrogen) atoms. The Hall–Kier alpha value is -1.81. The fraction of sp³-hybridized carbons (Fsp3) is 0.250. The minimum Gasteiger partial charge on any atom is -0.493 e. The summed E-state index contributed by atoms with van der Waals surface area (Å²) in [5, 5.41) is 0. The Morgan fingerprint density at radius 1 is 0.850 bits per heavy atom. The van der Waals surface area contributed by atoms with Crippen LogP contribution >= 0.6 is 11.8 Å². The molecule has 0 aliphatic carbocycles. The molecular formula is C16H18O3S. The van der Waals surface area contributed by atoms with Crippen LogP contribution in [-0.2, 0) is 0 Å². The first kappa shape index (κ1) is 14.6. The Labute approximate surface area is 123 Å². The highest BCUT2D eigenvalue weighted by Gasteiger charge is 2.02. The maximum Gasteiger partial charge on any atom is 0.161 e. The lowest BCUT2D eigenvalue weighted by Crippen LogP contribution is -2.09. The minimum absolute atomic E-state index is 0.477. The molecule has 2 rings (SSSR count). The van der Waals surface area contributed by atoms with Crippen LogP contribution in [0.2, 0.25) is 0 Å². The van der Waals surface area contributed by atoms with Crippen LogP contribution in [0.15, 0.2) is 53.4 Å². The van der Waals surface area contributed by atoms with E-state index in [-0.39, 0.29) is 0 Å². The van der Waals surface area contributed by atoms with Crippen LogP contribution in [0.3, 0.4) is 0 Å². The molecule has 0 amide bonds. The van der Waals surface area contributed by atoms with Gasteiger partial charge in [-0.1, -0.05) is 12.1 Å². The normalized spacial score (nSPS) is 10.1. The van der Waals surface area contributed by atoms with Crippen molar-refractivity contribution >= 4 is 11.8 Å². The lowest BCUT2D eigenvalue weighted by atomic mass is 10.3. The van der Waals surface area contributed by atoms with Crippen LogP contribution < -0.4 is 14.2 Å². The summed E-state index contributed by atoms with van der Waals surface area (Å²) < 4.78 is 16.5. The molecule has 106 valence electrons. The zero-order valence-corrected chi connectivity index (χ0v) is 12.5. The van der Waals surface area contributed by atoms with Crippen molar-refractivity contribution in [2.75, 3.05) is 26.6 Å². The largest absolute Gasteiger partial charge is 0.493 e. The van der Waals surface area contributed by atoms with Gasteiger partial charge in [0.2, 0.25) is 0 Å². The minimum atomic E-state index is 0.477. The van der Waals surface area contributed by atoms with E-state index in [0.717, 1.165) is 17.2 Å². The molecule has 0 saturated heterocycles. The molecule has 0 unspecified atom stereocenters. The van der Waals surface area contributed by atoms with Crippen molar-refractivity contribution in [1.82, 2.24) is 0 Å². The molecule has 0 aliphatic rings. The molecule has 0 saturated carbocycles. The molecule has 0 spiro atoms. The third kappa shape index (κ3) is 4.10. The Morgan fingerprint density at radius 3 is 2.15 bits per heavy atom. The molecule has 0 N–H and O–H groups in total. The van der Waals surface area contributed by atoms with E-state index in [4.69, 9.17) is 14.2 Å². The topological polar surface area (TPSA) is 27.7 Å². The predicted molar refractivity (Wildman–Crippen MR) is 82.2 cm³/mol. The van der Waals surface area contributed by atoms with Crippen LogP contribution in [0.4, 0.5) is 0 Å². The molecule has 2 aromatic rings. The first-order valence-corrected chi connectivity index (χ1v) is 7.58. The average Bonchev–Trinajstić information content (AvgIpc) is 2.52. The van der Waals surface area contributed by atoms with Crippen molar-refractivity contribution in [3.63, 3.8) is 0 Å². The number of hydrogen-bond donors (Lipinski definition) is 0. The zero-order chi connectivity index (χ0) is 14.2. The molecule has 0 fully saturated rings. The second-order valence-electron chi connectivity index (χ2n) is 4.02. The van der Waals surface area contributed by atoms with Gasteiger partial charge in [0.25, 0.3) is 0 Å². The highest BCUT2D eigenvalue weighted by atomic mass is 32.2. The number of thioether (sulfide) groups is 1. The summed E-state index contributed by atoms with van der Waals surface area (Å²) in [4.78, 5) is 1.22. The van der Waals surface area contributed by atoms with E-state index in [0.29, 0.717) is 13.2 Å². The van der Waals surface area contributed by atoms with Crippen molar-refractivity contribution in [2.24, 2.45) is 0 Å². The van der Waals surface area contributed by atoms with Gasteiger partial charge in [-0.3, -0.25) is 0 Å². The van der Waals surface area contributed by atoms with Crippen molar-refractivity contribution in [1.29, 1.82) is 0 Å². The van der Waals surface area contributed by atoms with Gasteiger partial charge in [0, 0.05) is 4.90 Å². The van der Waals surface area contributed by atoms with E-state index in [1.54, 1.807) is 18.9 Å². The average molecular weight is 290 g/mol. The van der Waals surface area contributed by atoms with E-state index in [9.17, 15) is 0 Å². The molecule has 0 heterocycles. The summed E-state index contributed by atoms with van der Waals surface area (Å²) >= 11 is 1.71. The van der Waals surface area contributed by atoms with Crippen LogP contribution in [0.1, 0.15) is 0 Å². The van der Waals surface area contributed by atoms with Gasteiger partial charge in [-0.25, -0.2) is 0 Å². The summed E-state index contributed by atoms with van der Waals surface area (Å²) in [6.07, 6.45) is 2.05. The van der Waals surface area contributed by atoms with E-state index in [1.807, 2.05) is 48.5 Å². The zero-order valence-electron chi connectivity index (χ0n) is 11.7. The molecule has 4 heteroatoms. The number of para-hydroxylation sites is 2. The molecule has 3 nitrogen and oxygen atoms in total. The summed E-state index contributed by atoms with van der Waals surface area (Å²) in [6.45, 7) is 0.974. The molecular weight excluding hydrogens is 272 g/mol. The molecule has 0 radical (unpaired) electrons. The van der Waals surface area contributed by atoms with Gasteiger partial charge in [-0.05, 0) is 42.7 Å². The van der Waals surface area contributed by atoms with Gasteiger partial charge < -0.3 is 14.2 Å². The van der Waals surface area contributed by atoms with E-state index in [2.05, 4.69) is 6.26 Å². The lowest BCUT2D eigenvalue weighted by Gasteiger charge is -2.11. The van der Waals surface area contributed by atoms with Gasteiger partial charge in [0.1, 0.15) is 19.0 Å². The Kier molecular flexibility index (Phi) is 5.62. The fourth-order valence-electron chi connectivity index (χ4n) is 1.72. The Balaban J connectivity index is 1.78. The van der Waals surface area contributed by atoms with Crippen LogP contribution in [0, 0.1) is 0 Å². The smallest absolute Gasteiger partial charge is 0.161 e. The van der Waals surface area contributed by atoms with Gasteiger partial charge >= 0.3 is 0 Å². The summed E-state index contributed by atoms with van der Waals surface area (Å²) in [5.41, 5.74) is 0. The van der Waals surface area contributed by atoms with Crippen molar-refractivity contribution in [2.45, 2.75) is 4.90 Å². The molecule has 2 aromatic carbocycles. The first-order valence-electron chi connectivity index (χ1n) is 6.36. The molecule has 0 atom stereocenters. The van der Waals surface area contributed by atoms with E-state index < -0.39 is 0 Å². The third-order valence-corrected chi connectivity index (χ3v) is 3.48. The SMILES string of the molecule is COc1ccccc1OCCOc1ccc(SC)cc1. The summed E-state index contributed by atoms with van der Waals surface area (Å²) in [5.74, 6) is 2.32. The van der Waals surface area contributed by atoms with E-state index >= 15 is 0 Å². The fourth-order valence-corrected chi connectivity index (χ4v) is 2.13. The van der Waals surface area contributed by atoms with Crippen LogP contribution in [0.25, 0.3) is 0 Å². The second-order valence-corrected chi connectivity index (χ2v) is 4.90. The number of ether oxygens (including phenoxy) is 3. The van der Waals surface area contributed by atoms with Crippen LogP contribution in [-0.4, -0.2) is 26.6 Å². The van der Waals surface area contributed by atoms with Crippen molar-refractivity contribution < 1.29 is 14.2 Å². The molecule has 0 aromatic heterocycles. The standard InChI is InChI=1S/C16H18O3S/c1-17-15-5-3-4-6-16(15)19-12-11-18-13-7-9-14(20-2)10-8-13/h3-10H,11-12H2,1-2H3. The molecule has 0 aliphatic heterocycles. The quantitative estimate of drug-likeness (QED) is 0.571. The highest BCUT2D eigenvalue weighted by Crippen LogP contribution is 2.25. The Bertz CT molecular complexity index is 526. The lowest BCUT2D eigenvalue weighted by molar-refractivity contribution is 0.211.